The quantitative estimate of drug-likeness (QED) is 0.903. The zero-order valence-corrected chi connectivity index (χ0v) is 13.0. The zero-order valence-electron chi connectivity index (χ0n) is 11.4. The molecule has 106 valence electrons. The number of nitrogens with zero attached hydrogens (tertiary/aromatic N) is 3. The lowest BCUT2D eigenvalue weighted by atomic mass is 10.2. The summed E-state index contributed by atoms with van der Waals surface area (Å²) in [6.45, 7) is 4.15. The average molecular weight is 331 g/mol. The summed E-state index contributed by atoms with van der Waals surface area (Å²) in [6, 6.07) is 0. The van der Waals surface area contributed by atoms with Crippen LogP contribution in [0.3, 0.4) is 0 Å². The molecule has 2 heterocycles. The molecule has 0 aromatic carbocycles. The lowest BCUT2D eigenvalue weighted by molar-refractivity contribution is -0.0514. The largest absolute Gasteiger partial charge is 0.382 e. The molecule has 1 aromatic heterocycles. The number of ether oxygens (including phenoxy) is 2. The maximum Gasteiger partial charge on any atom is 0.227 e. The summed E-state index contributed by atoms with van der Waals surface area (Å²) in [5.74, 6) is 1.50. The van der Waals surface area contributed by atoms with E-state index in [0.29, 0.717) is 12.6 Å². The fraction of sp³-hybridized carbons (Fsp3) is 0.667. The van der Waals surface area contributed by atoms with Crippen LogP contribution in [0.25, 0.3) is 0 Å². The number of anilines is 2. The van der Waals surface area contributed by atoms with Crippen molar-refractivity contribution in [1.82, 2.24) is 9.97 Å². The molecule has 0 saturated carbocycles. The van der Waals surface area contributed by atoms with E-state index in [-0.39, 0.29) is 12.2 Å². The SMILES string of the molecule is CNc1nc(N2CC(C)OC(COC)C2)ncc1Br. The summed E-state index contributed by atoms with van der Waals surface area (Å²) in [7, 11) is 3.52. The van der Waals surface area contributed by atoms with Gasteiger partial charge >= 0.3 is 0 Å². The molecule has 0 amide bonds. The van der Waals surface area contributed by atoms with Crippen LogP contribution in [0.2, 0.25) is 0 Å². The fourth-order valence-corrected chi connectivity index (χ4v) is 2.56. The molecule has 0 aliphatic carbocycles. The van der Waals surface area contributed by atoms with Gasteiger partial charge in [0.05, 0.1) is 23.3 Å². The number of halogens is 1. The van der Waals surface area contributed by atoms with Crippen LogP contribution in [0.5, 0.6) is 0 Å². The molecule has 2 unspecified atom stereocenters. The van der Waals surface area contributed by atoms with E-state index in [1.807, 2.05) is 14.0 Å². The highest BCUT2D eigenvalue weighted by molar-refractivity contribution is 9.10. The molecule has 0 radical (unpaired) electrons. The van der Waals surface area contributed by atoms with Crippen molar-refractivity contribution < 1.29 is 9.47 Å². The first-order chi connectivity index (χ1) is 9.13. The number of morpholine rings is 1. The van der Waals surface area contributed by atoms with E-state index in [1.54, 1.807) is 13.3 Å². The minimum absolute atomic E-state index is 0.0547. The van der Waals surface area contributed by atoms with Gasteiger partial charge in [0.2, 0.25) is 5.95 Å². The molecule has 1 N–H and O–H groups in total. The minimum atomic E-state index is 0.0547. The summed E-state index contributed by atoms with van der Waals surface area (Å²) in [5, 5.41) is 3.04. The Morgan fingerprint density at radius 3 is 3.05 bits per heavy atom. The molecule has 19 heavy (non-hydrogen) atoms. The average Bonchev–Trinajstić information content (AvgIpc) is 2.39. The van der Waals surface area contributed by atoms with Gasteiger partial charge < -0.3 is 19.7 Å². The van der Waals surface area contributed by atoms with E-state index in [4.69, 9.17) is 9.47 Å². The van der Waals surface area contributed by atoms with Gasteiger partial charge in [0.1, 0.15) is 5.82 Å². The van der Waals surface area contributed by atoms with Gasteiger partial charge in [-0.1, -0.05) is 0 Å². The van der Waals surface area contributed by atoms with E-state index < -0.39 is 0 Å². The lowest BCUT2D eigenvalue weighted by Gasteiger charge is -2.36. The van der Waals surface area contributed by atoms with Gasteiger partial charge in [-0.3, -0.25) is 0 Å². The Kier molecular flexibility index (Phi) is 4.95. The van der Waals surface area contributed by atoms with Crippen molar-refractivity contribution in [2.24, 2.45) is 0 Å². The smallest absolute Gasteiger partial charge is 0.227 e. The Hall–Kier alpha value is -0.920. The molecule has 7 heteroatoms. The van der Waals surface area contributed by atoms with E-state index in [9.17, 15) is 0 Å². The van der Waals surface area contributed by atoms with Crippen molar-refractivity contribution in [3.8, 4) is 0 Å². The Morgan fingerprint density at radius 2 is 2.37 bits per heavy atom. The van der Waals surface area contributed by atoms with E-state index in [0.717, 1.165) is 23.4 Å². The number of aromatic nitrogens is 2. The number of rotatable bonds is 4. The fourth-order valence-electron chi connectivity index (χ4n) is 2.17. The van der Waals surface area contributed by atoms with E-state index in [2.05, 4.69) is 36.1 Å². The molecule has 0 bridgehead atoms. The Labute approximate surface area is 121 Å². The summed E-state index contributed by atoms with van der Waals surface area (Å²) in [4.78, 5) is 11.0. The van der Waals surface area contributed by atoms with Gasteiger partial charge in [0.25, 0.3) is 0 Å². The molecule has 0 spiro atoms. The van der Waals surface area contributed by atoms with Gasteiger partial charge in [0, 0.05) is 33.4 Å². The summed E-state index contributed by atoms with van der Waals surface area (Å²) in [6.07, 6.45) is 1.96. The maximum atomic E-state index is 5.81. The standard InChI is InChI=1S/C12H19BrN4O2/c1-8-5-17(6-9(19-8)7-18-3)12-15-4-10(13)11(14-2)16-12/h4,8-9H,5-7H2,1-3H3,(H,14,15,16). The molecule has 1 aliphatic rings. The second-order valence-electron chi connectivity index (χ2n) is 4.55. The highest BCUT2D eigenvalue weighted by Gasteiger charge is 2.27. The van der Waals surface area contributed by atoms with Crippen molar-refractivity contribution in [2.75, 3.05) is 44.1 Å². The predicted molar refractivity (Wildman–Crippen MR) is 77.7 cm³/mol. The van der Waals surface area contributed by atoms with Crippen LogP contribution in [0.15, 0.2) is 10.7 Å². The highest BCUT2D eigenvalue weighted by atomic mass is 79.9. The zero-order chi connectivity index (χ0) is 13.8. The number of nitrogens with one attached hydrogen (secondary N) is 1. The van der Waals surface area contributed by atoms with Crippen LogP contribution in [0.4, 0.5) is 11.8 Å². The van der Waals surface area contributed by atoms with E-state index >= 15 is 0 Å². The number of hydrogen-bond donors (Lipinski definition) is 1. The molecule has 1 aromatic rings. The van der Waals surface area contributed by atoms with Gasteiger partial charge in [-0.15, -0.1) is 0 Å². The number of hydrogen-bond acceptors (Lipinski definition) is 6. The normalized spacial score (nSPS) is 23.5. The van der Waals surface area contributed by atoms with Crippen molar-refractivity contribution in [2.45, 2.75) is 19.1 Å². The summed E-state index contributed by atoms with van der Waals surface area (Å²) in [5.41, 5.74) is 0. The monoisotopic (exact) mass is 330 g/mol. The van der Waals surface area contributed by atoms with Crippen molar-refractivity contribution in [1.29, 1.82) is 0 Å². The first-order valence-electron chi connectivity index (χ1n) is 6.23. The van der Waals surface area contributed by atoms with Crippen molar-refractivity contribution >= 4 is 27.7 Å². The maximum absolute atomic E-state index is 5.81. The van der Waals surface area contributed by atoms with Gasteiger partial charge in [-0.2, -0.15) is 4.98 Å². The first kappa shape index (κ1) is 14.5. The van der Waals surface area contributed by atoms with Crippen LogP contribution >= 0.6 is 15.9 Å². The third-order valence-corrected chi connectivity index (χ3v) is 3.51. The molecule has 2 rings (SSSR count). The highest BCUT2D eigenvalue weighted by Crippen LogP contribution is 2.23. The topological polar surface area (TPSA) is 59.5 Å². The second kappa shape index (κ2) is 6.49. The van der Waals surface area contributed by atoms with Gasteiger partial charge in [-0.05, 0) is 22.9 Å². The third kappa shape index (κ3) is 3.55. The second-order valence-corrected chi connectivity index (χ2v) is 5.40. The summed E-state index contributed by atoms with van der Waals surface area (Å²) < 4.78 is 11.8. The predicted octanol–water partition coefficient (Wildman–Crippen LogP) is 1.52. The molecular formula is C12H19BrN4O2. The minimum Gasteiger partial charge on any atom is -0.382 e. The van der Waals surface area contributed by atoms with Crippen molar-refractivity contribution in [3.63, 3.8) is 0 Å². The molecule has 2 atom stereocenters. The first-order valence-corrected chi connectivity index (χ1v) is 7.03. The Morgan fingerprint density at radius 1 is 1.58 bits per heavy atom. The van der Waals surface area contributed by atoms with Crippen LogP contribution in [-0.4, -0.2) is 56.0 Å². The van der Waals surface area contributed by atoms with Crippen molar-refractivity contribution in [3.05, 3.63) is 10.7 Å². The Balaban J connectivity index is 2.15. The van der Waals surface area contributed by atoms with Crippen LogP contribution < -0.4 is 10.2 Å². The molecule has 1 aliphatic heterocycles. The molecule has 6 nitrogen and oxygen atoms in total. The lowest BCUT2D eigenvalue weighted by Crippen LogP contribution is -2.49. The van der Waals surface area contributed by atoms with Crippen LogP contribution in [0.1, 0.15) is 6.92 Å². The van der Waals surface area contributed by atoms with Crippen LogP contribution in [-0.2, 0) is 9.47 Å². The molecule has 1 saturated heterocycles. The van der Waals surface area contributed by atoms with Crippen LogP contribution in [0, 0.1) is 0 Å². The summed E-state index contributed by atoms with van der Waals surface area (Å²) >= 11 is 3.41. The van der Waals surface area contributed by atoms with Gasteiger partial charge in [-0.25, -0.2) is 4.98 Å². The van der Waals surface area contributed by atoms with Gasteiger partial charge in [0.15, 0.2) is 0 Å². The number of methoxy groups -OCH3 is 1. The molecule has 1 fully saturated rings. The Bertz CT molecular complexity index is 432. The van der Waals surface area contributed by atoms with E-state index in [1.165, 1.54) is 0 Å². The molecular weight excluding hydrogens is 312 g/mol. The third-order valence-electron chi connectivity index (χ3n) is 2.93.